The van der Waals surface area contributed by atoms with Crippen LogP contribution >= 0.6 is 0 Å². The molecular weight excluding hydrogens is 716 g/mol. The van der Waals surface area contributed by atoms with Crippen LogP contribution in [0.4, 0.5) is 0 Å². The molecule has 2 heterocycles. The standard InChI is InChI=1S/C44H64N2O10/c1-26-15-13-17-33(21-26)41(49)54-37-28(3)24-44(8,51-12)39(31(6)36(47)32(7)40(48)52-20-19-46(11)25-29(37)4)56-43-38(35(45(9)10)23-30(5)53-43)55-42(50)34-18-14-16-27(2)22-34/h13-18,21-22,28-32,35,37-39,43H,19-20,23-25H2,1-12H3/t28-,29-,30-,31+,32-,35+,37+,38-,39-,43+,44-/m1/s1. The summed E-state index contributed by atoms with van der Waals surface area (Å²) in [4.78, 5) is 59.0. The largest absolute Gasteiger partial charge is 0.464 e. The van der Waals surface area contributed by atoms with Gasteiger partial charge in [0, 0.05) is 32.0 Å². The summed E-state index contributed by atoms with van der Waals surface area (Å²) in [5, 5.41) is 0. The first-order chi connectivity index (χ1) is 26.3. The minimum Gasteiger partial charge on any atom is -0.464 e. The predicted molar refractivity (Wildman–Crippen MR) is 212 cm³/mol. The number of aryl methyl sites for hydroxylation is 2. The average molecular weight is 781 g/mol. The second-order valence-corrected chi connectivity index (χ2v) is 16.6. The Hall–Kier alpha value is -3.68. The van der Waals surface area contributed by atoms with E-state index in [4.69, 9.17) is 28.4 Å². The number of esters is 3. The van der Waals surface area contributed by atoms with Crippen molar-refractivity contribution in [3.63, 3.8) is 0 Å². The number of cyclic esters (lactones) is 1. The fourth-order valence-electron chi connectivity index (χ4n) is 8.27. The third kappa shape index (κ3) is 11.2. The molecule has 0 amide bonds. The van der Waals surface area contributed by atoms with Gasteiger partial charge in [-0.3, -0.25) is 9.59 Å². The first-order valence-electron chi connectivity index (χ1n) is 19.8. The van der Waals surface area contributed by atoms with Gasteiger partial charge in [-0.25, -0.2) is 9.59 Å². The van der Waals surface area contributed by atoms with Crippen molar-refractivity contribution in [2.75, 3.05) is 47.9 Å². The van der Waals surface area contributed by atoms with Gasteiger partial charge in [-0.15, -0.1) is 0 Å². The molecule has 2 aliphatic heterocycles. The summed E-state index contributed by atoms with van der Waals surface area (Å²) >= 11 is 0. The number of carbonyl (C=O) groups is 4. The molecule has 0 saturated carbocycles. The van der Waals surface area contributed by atoms with Crippen LogP contribution in [-0.2, 0) is 38.0 Å². The zero-order chi connectivity index (χ0) is 41.5. The van der Waals surface area contributed by atoms with Crippen LogP contribution in [0.1, 0.15) is 86.2 Å². The molecule has 11 atom stereocenters. The highest BCUT2D eigenvalue weighted by molar-refractivity contribution is 6.00. The van der Waals surface area contributed by atoms with Crippen LogP contribution in [0.15, 0.2) is 48.5 Å². The normalized spacial score (nSPS) is 32.9. The van der Waals surface area contributed by atoms with Crippen molar-refractivity contribution < 1.29 is 47.6 Å². The van der Waals surface area contributed by atoms with Gasteiger partial charge < -0.3 is 38.2 Å². The first-order valence-corrected chi connectivity index (χ1v) is 19.8. The average Bonchev–Trinajstić information content (AvgIpc) is 3.14. The Bertz CT molecular complexity index is 1670. The molecule has 0 N–H and O–H groups in total. The SMILES string of the molecule is CO[C@]1(C)C[C@@H](C)[C@H](OC(=O)c2cccc(C)c2)[C@H](C)CN(C)CCOC(=O)[C@H](C)C(=O)[C@H](C)[C@H]1O[C@@H]1O[C@H](C)C[C@H](N(C)C)[C@H]1OC(=O)c1cccc(C)c1. The van der Waals surface area contributed by atoms with E-state index < -0.39 is 65.7 Å². The van der Waals surface area contributed by atoms with Crippen molar-refractivity contribution in [2.45, 2.75) is 111 Å². The molecule has 2 saturated heterocycles. The summed E-state index contributed by atoms with van der Waals surface area (Å²) in [6.45, 7) is 16.0. The number of likely N-dealkylation sites (N-methyl/N-ethyl adjacent to an activating group) is 2. The Balaban J connectivity index is 1.78. The van der Waals surface area contributed by atoms with Gasteiger partial charge in [0.1, 0.15) is 18.6 Å². The number of ether oxygens (including phenoxy) is 6. The van der Waals surface area contributed by atoms with Crippen molar-refractivity contribution in [1.82, 2.24) is 9.80 Å². The number of hydrogen-bond donors (Lipinski definition) is 0. The third-order valence-corrected chi connectivity index (χ3v) is 11.4. The molecule has 2 aromatic carbocycles. The van der Waals surface area contributed by atoms with Crippen molar-refractivity contribution in [2.24, 2.45) is 23.7 Å². The number of carbonyl (C=O) groups excluding carboxylic acids is 4. The maximum atomic E-state index is 14.3. The molecule has 0 aliphatic carbocycles. The van der Waals surface area contributed by atoms with Gasteiger partial charge in [0.15, 0.2) is 18.2 Å². The molecule has 0 aromatic heterocycles. The number of methoxy groups -OCH3 is 1. The van der Waals surface area contributed by atoms with Crippen molar-refractivity contribution in [3.05, 3.63) is 70.8 Å². The van der Waals surface area contributed by atoms with E-state index in [9.17, 15) is 19.2 Å². The summed E-state index contributed by atoms with van der Waals surface area (Å²) in [6, 6.07) is 14.2. The summed E-state index contributed by atoms with van der Waals surface area (Å²) in [7, 11) is 7.29. The van der Waals surface area contributed by atoms with Gasteiger partial charge in [-0.2, -0.15) is 0 Å². The van der Waals surface area contributed by atoms with Crippen LogP contribution in [0.3, 0.4) is 0 Å². The number of Topliss-reactive ketones (excluding diaryl/α,β-unsaturated/α-hetero) is 1. The van der Waals surface area contributed by atoms with E-state index in [0.29, 0.717) is 30.6 Å². The highest BCUT2D eigenvalue weighted by atomic mass is 16.7. The molecule has 2 aromatic rings. The van der Waals surface area contributed by atoms with Crippen LogP contribution in [0, 0.1) is 37.5 Å². The molecule has 12 nitrogen and oxygen atoms in total. The number of nitrogens with zero attached hydrogens (tertiary/aromatic N) is 2. The Kier molecular flexibility index (Phi) is 15.8. The molecule has 310 valence electrons. The monoisotopic (exact) mass is 780 g/mol. The van der Waals surface area contributed by atoms with Crippen molar-refractivity contribution in [1.29, 1.82) is 0 Å². The highest BCUT2D eigenvalue weighted by Gasteiger charge is 2.51. The fourth-order valence-corrected chi connectivity index (χ4v) is 8.27. The molecule has 12 heteroatoms. The Morgan fingerprint density at radius 3 is 1.98 bits per heavy atom. The first kappa shape index (κ1) is 45.0. The number of ketones is 1. The Labute approximate surface area is 333 Å². The summed E-state index contributed by atoms with van der Waals surface area (Å²) in [5.41, 5.74) is 1.49. The molecular formula is C44H64N2O10. The van der Waals surface area contributed by atoms with Gasteiger partial charge in [-0.05, 0) is 98.8 Å². The maximum absolute atomic E-state index is 14.3. The Morgan fingerprint density at radius 2 is 1.45 bits per heavy atom. The van der Waals surface area contributed by atoms with E-state index in [0.717, 1.165) is 11.1 Å². The van der Waals surface area contributed by atoms with E-state index >= 15 is 0 Å². The van der Waals surface area contributed by atoms with Crippen LogP contribution in [0.2, 0.25) is 0 Å². The Morgan fingerprint density at radius 1 is 0.875 bits per heavy atom. The van der Waals surface area contributed by atoms with Crippen LogP contribution in [0.5, 0.6) is 0 Å². The molecule has 0 bridgehead atoms. The third-order valence-electron chi connectivity index (χ3n) is 11.4. The van der Waals surface area contributed by atoms with Crippen LogP contribution < -0.4 is 0 Å². The second kappa shape index (κ2) is 19.7. The van der Waals surface area contributed by atoms with Gasteiger partial charge in [0.05, 0.1) is 35.0 Å². The van der Waals surface area contributed by atoms with Crippen molar-refractivity contribution >= 4 is 23.7 Å². The second-order valence-electron chi connectivity index (χ2n) is 16.6. The zero-order valence-corrected chi connectivity index (χ0v) is 35.4. The van der Waals surface area contributed by atoms with Gasteiger partial charge >= 0.3 is 17.9 Å². The van der Waals surface area contributed by atoms with Gasteiger partial charge in [0.2, 0.25) is 0 Å². The quantitative estimate of drug-likeness (QED) is 0.180. The number of hydrogen-bond acceptors (Lipinski definition) is 12. The van der Waals surface area contributed by atoms with Gasteiger partial charge in [-0.1, -0.05) is 56.2 Å². The van der Waals surface area contributed by atoms with E-state index in [2.05, 4.69) is 0 Å². The number of rotatable bonds is 8. The summed E-state index contributed by atoms with van der Waals surface area (Å²) in [5.74, 6) is -4.46. The lowest BCUT2D eigenvalue weighted by Gasteiger charge is -2.48. The van der Waals surface area contributed by atoms with Crippen LogP contribution in [0.25, 0.3) is 0 Å². The van der Waals surface area contributed by atoms with E-state index in [-0.39, 0.29) is 37.0 Å². The fraction of sp³-hybridized carbons (Fsp3) is 0.636. The molecule has 0 radical (unpaired) electrons. The molecule has 0 unspecified atom stereocenters. The molecule has 0 spiro atoms. The molecule has 56 heavy (non-hydrogen) atoms. The smallest absolute Gasteiger partial charge is 0.338 e. The van der Waals surface area contributed by atoms with E-state index in [1.54, 1.807) is 51.3 Å². The van der Waals surface area contributed by atoms with Crippen LogP contribution in [-0.4, -0.2) is 124 Å². The molecule has 2 fully saturated rings. The molecule has 2 aliphatic rings. The van der Waals surface area contributed by atoms with E-state index in [1.165, 1.54) is 0 Å². The van der Waals surface area contributed by atoms with E-state index in [1.807, 2.05) is 90.7 Å². The maximum Gasteiger partial charge on any atom is 0.338 e. The van der Waals surface area contributed by atoms with Gasteiger partial charge in [0.25, 0.3) is 0 Å². The number of benzene rings is 2. The predicted octanol–water partition coefficient (Wildman–Crippen LogP) is 5.90. The summed E-state index contributed by atoms with van der Waals surface area (Å²) < 4.78 is 38.0. The summed E-state index contributed by atoms with van der Waals surface area (Å²) in [6.07, 6.45) is -3.06. The minimum absolute atomic E-state index is 0.0841. The van der Waals surface area contributed by atoms with Crippen molar-refractivity contribution in [3.8, 4) is 0 Å². The zero-order valence-electron chi connectivity index (χ0n) is 35.4. The lowest BCUT2D eigenvalue weighted by Crippen LogP contribution is -2.60. The minimum atomic E-state index is -1.21. The lowest BCUT2D eigenvalue weighted by atomic mass is 9.76. The molecule has 4 rings (SSSR count). The highest BCUT2D eigenvalue weighted by Crippen LogP contribution is 2.39. The lowest BCUT2D eigenvalue weighted by molar-refractivity contribution is -0.295. The topological polar surface area (TPSA) is 130 Å².